The number of nitrogens with two attached hydrogens (primary N) is 1. The second-order valence-corrected chi connectivity index (χ2v) is 12.9. The largest absolute Gasteiger partial charge is 0.496 e. The lowest BCUT2D eigenvalue weighted by molar-refractivity contribution is -0.479. The third kappa shape index (κ3) is 12.0. The Kier molecular flexibility index (Phi) is 11.1. The highest BCUT2D eigenvalue weighted by Gasteiger charge is 2.23. The zero-order chi connectivity index (χ0) is 29.5. The Bertz CT molecular complexity index is 1070. The molecule has 0 atom stereocenters. The lowest BCUT2D eigenvalue weighted by Crippen LogP contribution is -2.29. The SMILES string of the molecule is COc1cc(/C=C/C(C)(C)N)c(OOOCn2cc(COC(C)(C)CCOC(C)(C)C)nn2)cc1C(C)(C)C. The molecule has 0 amide bonds. The van der Waals surface area contributed by atoms with Gasteiger partial charge in [-0.2, -0.15) is 4.89 Å². The summed E-state index contributed by atoms with van der Waals surface area (Å²) in [5.41, 5.74) is 7.26. The van der Waals surface area contributed by atoms with E-state index in [4.69, 9.17) is 34.8 Å². The molecule has 0 unspecified atom stereocenters. The van der Waals surface area contributed by atoms with Crippen molar-refractivity contribution in [3.63, 3.8) is 0 Å². The Morgan fingerprint density at radius 3 is 2.23 bits per heavy atom. The zero-order valence-corrected chi connectivity index (χ0v) is 25.6. The van der Waals surface area contributed by atoms with Gasteiger partial charge in [-0.05, 0) is 77.5 Å². The predicted octanol–water partition coefficient (Wildman–Crippen LogP) is 5.73. The fourth-order valence-corrected chi connectivity index (χ4v) is 3.39. The molecule has 0 saturated carbocycles. The summed E-state index contributed by atoms with van der Waals surface area (Å²) in [7, 11) is 1.64. The van der Waals surface area contributed by atoms with Crippen molar-refractivity contribution in [1.29, 1.82) is 0 Å². The molecule has 1 heterocycles. The number of benzene rings is 1. The van der Waals surface area contributed by atoms with E-state index in [0.29, 0.717) is 24.7 Å². The van der Waals surface area contributed by atoms with Gasteiger partial charge in [-0.15, -0.1) is 5.10 Å². The van der Waals surface area contributed by atoms with Gasteiger partial charge in [0.1, 0.15) is 11.4 Å². The number of methoxy groups -OCH3 is 1. The minimum atomic E-state index is -0.505. The molecule has 0 fully saturated rings. The second kappa shape index (κ2) is 13.2. The van der Waals surface area contributed by atoms with Gasteiger partial charge in [0.15, 0.2) is 12.5 Å². The molecule has 0 aliphatic heterocycles. The summed E-state index contributed by atoms with van der Waals surface area (Å²) < 4.78 is 19.0. The van der Waals surface area contributed by atoms with Gasteiger partial charge < -0.3 is 24.8 Å². The van der Waals surface area contributed by atoms with Crippen LogP contribution in [0.1, 0.15) is 92.5 Å². The molecule has 10 nitrogen and oxygen atoms in total. The van der Waals surface area contributed by atoms with Crippen molar-refractivity contribution >= 4 is 6.08 Å². The van der Waals surface area contributed by atoms with Crippen LogP contribution in [0.15, 0.2) is 24.4 Å². The first-order valence-electron chi connectivity index (χ1n) is 13.2. The Morgan fingerprint density at radius 2 is 1.64 bits per heavy atom. The zero-order valence-electron chi connectivity index (χ0n) is 25.6. The maximum atomic E-state index is 6.13. The molecule has 0 spiro atoms. The number of hydrogen-bond donors (Lipinski definition) is 1. The van der Waals surface area contributed by atoms with E-state index < -0.39 is 5.54 Å². The maximum Gasteiger partial charge on any atom is 0.179 e. The van der Waals surface area contributed by atoms with E-state index in [-0.39, 0.29) is 23.3 Å². The molecule has 0 aliphatic rings. The molecule has 2 rings (SSSR count). The monoisotopic (exact) mass is 548 g/mol. The minimum Gasteiger partial charge on any atom is -0.496 e. The number of hydrogen-bond acceptors (Lipinski definition) is 9. The summed E-state index contributed by atoms with van der Waals surface area (Å²) in [5, 5.41) is 13.3. The van der Waals surface area contributed by atoms with Crippen molar-refractivity contribution < 1.29 is 29.0 Å². The molecule has 0 saturated heterocycles. The maximum absolute atomic E-state index is 6.13. The molecule has 220 valence electrons. The van der Waals surface area contributed by atoms with Crippen LogP contribution < -0.4 is 15.4 Å². The van der Waals surface area contributed by atoms with Crippen molar-refractivity contribution in [1.82, 2.24) is 15.0 Å². The highest BCUT2D eigenvalue weighted by molar-refractivity contribution is 5.63. The van der Waals surface area contributed by atoms with E-state index in [0.717, 1.165) is 23.3 Å². The van der Waals surface area contributed by atoms with Crippen LogP contribution in [0.25, 0.3) is 6.08 Å². The van der Waals surface area contributed by atoms with Gasteiger partial charge in [0.2, 0.25) is 0 Å². The molecule has 10 heteroatoms. The lowest BCUT2D eigenvalue weighted by atomic mass is 9.85. The second-order valence-electron chi connectivity index (χ2n) is 12.9. The third-order valence-electron chi connectivity index (χ3n) is 5.63. The number of ether oxygens (including phenoxy) is 3. The number of nitrogens with zero attached hydrogens (tertiary/aromatic N) is 3. The van der Waals surface area contributed by atoms with Crippen molar-refractivity contribution in [3.8, 4) is 11.5 Å². The average Bonchev–Trinajstić information content (AvgIpc) is 3.25. The lowest BCUT2D eigenvalue weighted by Gasteiger charge is -2.27. The molecule has 1 aromatic carbocycles. The Hall–Kier alpha value is -2.50. The Labute approximate surface area is 233 Å². The summed E-state index contributed by atoms with van der Waals surface area (Å²) in [5.74, 6) is 1.21. The van der Waals surface area contributed by atoms with Crippen LogP contribution in [0.5, 0.6) is 11.5 Å². The van der Waals surface area contributed by atoms with Gasteiger partial charge in [-0.3, -0.25) is 0 Å². The molecule has 2 N–H and O–H groups in total. The van der Waals surface area contributed by atoms with Gasteiger partial charge in [-0.25, -0.2) is 4.68 Å². The minimum absolute atomic E-state index is 0.0287. The quantitative estimate of drug-likeness (QED) is 0.179. The molecule has 0 bridgehead atoms. The van der Waals surface area contributed by atoms with E-state index >= 15 is 0 Å². The van der Waals surface area contributed by atoms with E-state index in [9.17, 15) is 0 Å². The van der Waals surface area contributed by atoms with Gasteiger partial charge in [0.05, 0.1) is 31.1 Å². The molecular weight excluding hydrogens is 500 g/mol. The van der Waals surface area contributed by atoms with Crippen LogP contribution >= 0.6 is 0 Å². The Morgan fingerprint density at radius 1 is 0.949 bits per heavy atom. The molecule has 39 heavy (non-hydrogen) atoms. The average molecular weight is 549 g/mol. The van der Waals surface area contributed by atoms with Crippen LogP contribution in [0.3, 0.4) is 0 Å². The van der Waals surface area contributed by atoms with Crippen LogP contribution in [0.2, 0.25) is 0 Å². The molecule has 1 aromatic heterocycles. The van der Waals surface area contributed by atoms with Gasteiger partial charge in [0, 0.05) is 23.3 Å². The van der Waals surface area contributed by atoms with E-state index in [1.165, 1.54) is 4.68 Å². The van der Waals surface area contributed by atoms with E-state index in [2.05, 4.69) is 31.1 Å². The third-order valence-corrected chi connectivity index (χ3v) is 5.63. The fourth-order valence-electron chi connectivity index (χ4n) is 3.39. The molecule has 0 aliphatic carbocycles. The fraction of sp³-hybridized carbons (Fsp3) is 0.655. The van der Waals surface area contributed by atoms with Crippen LogP contribution in [-0.4, -0.2) is 45.5 Å². The normalized spacial score (nSPS) is 13.3. The van der Waals surface area contributed by atoms with Gasteiger partial charge >= 0.3 is 0 Å². The summed E-state index contributed by atoms with van der Waals surface area (Å²) in [6.45, 7) is 21.2. The standard InChI is InChI=1S/C29H48N4O6/c1-26(2,3)23-17-24(21(16-25(23)34-11)12-13-28(7,8)30)38-39-37-20-33-18-22(31-32-33)19-36-29(9,10)14-15-35-27(4,5)6/h12-13,16-18H,14-15,19-20,30H2,1-11H3/b13-12+. The summed E-state index contributed by atoms with van der Waals surface area (Å²) >= 11 is 0. The van der Waals surface area contributed by atoms with Crippen molar-refractivity contribution in [2.24, 2.45) is 5.73 Å². The number of aromatic nitrogens is 3. The highest BCUT2D eigenvalue weighted by atomic mass is 17.5. The predicted molar refractivity (Wildman–Crippen MR) is 151 cm³/mol. The van der Waals surface area contributed by atoms with Crippen LogP contribution in [-0.2, 0) is 38.2 Å². The van der Waals surface area contributed by atoms with Gasteiger partial charge in [0.25, 0.3) is 0 Å². The first-order valence-corrected chi connectivity index (χ1v) is 13.2. The van der Waals surface area contributed by atoms with Crippen molar-refractivity contribution in [2.75, 3.05) is 13.7 Å². The van der Waals surface area contributed by atoms with Crippen LogP contribution in [0.4, 0.5) is 0 Å². The molecular formula is C29H48N4O6. The molecule has 2 aromatic rings. The van der Waals surface area contributed by atoms with Gasteiger partial charge in [-0.1, -0.05) is 38.1 Å². The van der Waals surface area contributed by atoms with Crippen LogP contribution in [0, 0.1) is 0 Å². The number of rotatable bonds is 14. The first-order chi connectivity index (χ1) is 17.9. The van der Waals surface area contributed by atoms with E-state index in [1.54, 1.807) is 13.3 Å². The summed E-state index contributed by atoms with van der Waals surface area (Å²) in [6.07, 6.45) is 6.24. The Balaban J connectivity index is 1.97. The first kappa shape index (κ1) is 32.7. The smallest absolute Gasteiger partial charge is 0.179 e. The summed E-state index contributed by atoms with van der Waals surface area (Å²) in [6, 6.07) is 3.77. The van der Waals surface area contributed by atoms with E-state index in [1.807, 2.05) is 72.8 Å². The highest BCUT2D eigenvalue weighted by Crippen LogP contribution is 2.37. The van der Waals surface area contributed by atoms with Crippen molar-refractivity contribution in [2.45, 2.75) is 111 Å². The van der Waals surface area contributed by atoms with Crippen molar-refractivity contribution in [3.05, 3.63) is 41.2 Å². The summed E-state index contributed by atoms with van der Waals surface area (Å²) in [4.78, 5) is 10.8. The molecule has 0 radical (unpaired) electrons. The topological polar surface area (TPSA) is 112 Å².